The van der Waals surface area contributed by atoms with E-state index in [4.69, 9.17) is 4.52 Å². The summed E-state index contributed by atoms with van der Waals surface area (Å²) in [5.41, 5.74) is 1.09. The highest BCUT2D eigenvalue weighted by molar-refractivity contribution is 5.75. The van der Waals surface area contributed by atoms with Gasteiger partial charge >= 0.3 is 0 Å². The van der Waals surface area contributed by atoms with E-state index in [1.807, 2.05) is 0 Å². The Kier molecular flexibility index (Phi) is 5.29. The van der Waals surface area contributed by atoms with E-state index in [-0.39, 0.29) is 5.91 Å². The first-order chi connectivity index (χ1) is 9.69. The number of aromatic nitrogens is 2. The highest BCUT2D eigenvalue weighted by atomic mass is 16.5. The van der Waals surface area contributed by atoms with Gasteiger partial charge < -0.3 is 14.7 Å². The molecular formula is C14H22N4O2. The summed E-state index contributed by atoms with van der Waals surface area (Å²) in [6.45, 7) is 4.26. The molecule has 1 aromatic heterocycles. The molecule has 0 radical (unpaired) electrons. The quantitative estimate of drug-likeness (QED) is 0.855. The molecule has 0 spiro atoms. The second-order valence-electron chi connectivity index (χ2n) is 5.15. The number of carbonyl (C=O) groups is 1. The Hall–Kier alpha value is -1.69. The first kappa shape index (κ1) is 14.7. The SMILES string of the molecule is CCCCC(=O)NCc1nc(C2=CCCN(C)C2)no1. The second kappa shape index (κ2) is 7.19. The van der Waals surface area contributed by atoms with Crippen molar-refractivity contribution in [3.8, 4) is 0 Å². The Morgan fingerprint density at radius 1 is 1.55 bits per heavy atom. The highest BCUT2D eigenvalue weighted by Crippen LogP contribution is 2.17. The van der Waals surface area contributed by atoms with Crippen molar-refractivity contribution in [1.29, 1.82) is 0 Å². The van der Waals surface area contributed by atoms with Gasteiger partial charge in [0.25, 0.3) is 0 Å². The second-order valence-corrected chi connectivity index (χ2v) is 5.15. The lowest BCUT2D eigenvalue weighted by molar-refractivity contribution is -0.121. The van der Waals surface area contributed by atoms with Crippen molar-refractivity contribution in [3.63, 3.8) is 0 Å². The fraction of sp³-hybridized carbons (Fsp3) is 0.643. The molecule has 6 nitrogen and oxygen atoms in total. The van der Waals surface area contributed by atoms with Crippen LogP contribution in [-0.2, 0) is 11.3 Å². The van der Waals surface area contributed by atoms with Crippen molar-refractivity contribution in [2.75, 3.05) is 20.1 Å². The van der Waals surface area contributed by atoms with Gasteiger partial charge in [0.05, 0.1) is 6.54 Å². The van der Waals surface area contributed by atoms with Gasteiger partial charge in [-0.3, -0.25) is 4.79 Å². The minimum absolute atomic E-state index is 0.0308. The molecule has 0 unspecified atom stereocenters. The summed E-state index contributed by atoms with van der Waals surface area (Å²) in [4.78, 5) is 18.1. The topological polar surface area (TPSA) is 71.3 Å². The van der Waals surface area contributed by atoms with Crippen LogP contribution in [0.15, 0.2) is 10.6 Å². The van der Waals surface area contributed by atoms with E-state index >= 15 is 0 Å². The average molecular weight is 278 g/mol. The van der Waals surface area contributed by atoms with Crippen molar-refractivity contribution in [2.24, 2.45) is 0 Å². The van der Waals surface area contributed by atoms with E-state index in [0.29, 0.717) is 24.7 Å². The van der Waals surface area contributed by atoms with Gasteiger partial charge in [0.2, 0.25) is 11.8 Å². The molecule has 1 aliphatic heterocycles. The van der Waals surface area contributed by atoms with Gasteiger partial charge in [0.1, 0.15) is 0 Å². The van der Waals surface area contributed by atoms with Gasteiger partial charge in [0, 0.05) is 25.1 Å². The third-order valence-corrected chi connectivity index (χ3v) is 3.29. The van der Waals surface area contributed by atoms with Gasteiger partial charge in [-0.15, -0.1) is 0 Å². The summed E-state index contributed by atoms with van der Waals surface area (Å²) in [6.07, 6.45) is 5.62. The van der Waals surface area contributed by atoms with Crippen molar-refractivity contribution < 1.29 is 9.32 Å². The van der Waals surface area contributed by atoms with Gasteiger partial charge in [0.15, 0.2) is 5.82 Å². The maximum atomic E-state index is 11.5. The number of rotatable bonds is 6. The number of unbranched alkanes of at least 4 members (excludes halogenated alkanes) is 1. The minimum Gasteiger partial charge on any atom is -0.347 e. The Morgan fingerprint density at radius 2 is 2.40 bits per heavy atom. The summed E-state index contributed by atoms with van der Waals surface area (Å²) in [7, 11) is 2.07. The fourth-order valence-corrected chi connectivity index (χ4v) is 2.11. The molecule has 0 saturated carbocycles. The highest BCUT2D eigenvalue weighted by Gasteiger charge is 2.16. The predicted molar refractivity (Wildman–Crippen MR) is 75.8 cm³/mol. The Morgan fingerprint density at radius 3 is 3.15 bits per heavy atom. The Labute approximate surface area is 119 Å². The predicted octanol–water partition coefficient (Wildman–Crippen LogP) is 1.59. The fourth-order valence-electron chi connectivity index (χ4n) is 2.11. The van der Waals surface area contributed by atoms with Crippen molar-refractivity contribution in [1.82, 2.24) is 20.4 Å². The van der Waals surface area contributed by atoms with Crippen LogP contribution < -0.4 is 5.32 Å². The molecule has 1 aliphatic rings. The minimum atomic E-state index is 0.0308. The lowest BCUT2D eigenvalue weighted by atomic mass is 10.1. The zero-order valence-corrected chi connectivity index (χ0v) is 12.2. The molecule has 0 atom stereocenters. The Balaban J connectivity index is 1.86. The standard InChI is InChI=1S/C14H22N4O2/c1-3-4-7-12(19)15-9-13-16-14(17-20-13)11-6-5-8-18(2)10-11/h6H,3-5,7-10H2,1-2H3,(H,15,19). The van der Waals surface area contributed by atoms with Crippen LogP contribution >= 0.6 is 0 Å². The van der Waals surface area contributed by atoms with Gasteiger partial charge in [-0.1, -0.05) is 24.6 Å². The molecule has 1 aromatic rings. The molecule has 110 valence electrons. The van der Waals surface area contributed by atoms with E-state index in [9.17, 15) is 4.79 Å². The number of hydrogen-bond acceptors (Lipinski definition) is 5. The van der Waals surface area contributed by atoms with Gasteiger partial charge in [-0.05, 0) is 19.9 Å². The molecule has 0 bridgehead atoms. The lowest BCUT2D eigenvalue weighted by Gasteiger charge is -2.20. The van der Waals surface area contributed by atoms with E-state index in [1.165, 1.54) is 0 Å². The van der Waals surface area contributed by atoms with Crippen LogP contribution in [0.1, 0.15) is 44.3 Å². The van der Waals surface area contributed by atoms with Crippen LogP contribution in [0.2, 0.25) is 0 Å². The molecule has 2 heterocycles. The van der Waals surface area contributed by atoms with E-state index in [0.717, 1.165) is 37.9 Å². The van der Waals surface area contributed by atoms with Crippen LogP contribution in [0.4, 0.5) is 0 Å². The molecule has 2 rings (SSSR count). The third-order valence-electron chi connectivity index (χ3n) is 3.29. The zero-order valence-electron chi connectivity index (χ0n) is 12.2. The maximum absolute atomic E-state index is 11.5. The lowest BCUT2D eigenvalue weighted by Crippen LogP contribution is -2.25. The largest absolute Gasteiger partial charge is 0.347 e. The molecule has 6 heteroatoms. The molecule has 0 saturated heterocycles. The zero-order chi connectivity index (χ0) is 14.4. The van der Waals surface area contributed by atoms with Gasteiger partial charge in [-0.2, -0.15) is 4.98 Å². The maximum Gasteiger partial charge on any atom is 0.246 e. The summed E-state index contributed by atoms with van der Waals surface area (Å²) < 4.78 is 5.17. The molecule has 0 fully saturated rings. The molecule has 1 N–H and O–H groups in total. The first-order valence-electron chi connectivity index (χ1n) is 7.16. The number of carbonyl (C=O) groups excluding carboxylic acids is 1. The Bertz CT molecular complexity index is 481. The van der Waals surface area contributed by atoms with E-state index in [1.54, 1.807) is 0 Å². The third kappa shape index (κ3) is 4.16. The van der Waals surface area contributed by atoms with Gasteiger partial charge in [-0.25, -0.2) is 0 Å². The summed E-state index contributed by atoms with van der Waals surface area (Å²) in [6, 6.07) is 0. The summed E-state index contributed by atoms with van der Waals surface area (Å²) in [5.74, 6) is 1.12. The van der Waals surface area contributed by atoms with Crippen LogP contribution in [0.5, 0.6) is 0 Å². The summed E-state index contributed by atoms with van der Waals surface area (Å²) >= 11 is 0. The van der Waals surface area contributed by atoms with Crippen LogP contribution in [0.25, 0.3) is 5.57 Å². The number of nitrogens with zero attached hydrogens (tertiary/aromatic N) is 3. The molecule has 0 aromatic carbocycles. The number of amides is 1. The molecular weight excluding hydrogens is 256 g/mol. The van der Waals surface area contributed by atoms with Crippen LogP contribution in [-0.4, -0.2) is 41.1 Å². The van der Waals surface area contributed by atoms with E-state index in [2.05, 4.69) is 40.4 Å². The van der Waals surface area contributed by atoms with Crippen molar-refractivity contribution in [2.45, 2.75) is 39.2 Å². The first-order valence-corrected chi connectivity index (χ1v) is 7.16. The normalized spacial score (nSPS) is 16.0. The smallest absolute Gasteiger partial charge is 0.246 e. The van der Waals surface area contributed by atoms with Crippen molar-refractivity contribution in [3.05, 3.63) is 17.8 Å². The number of hydrogen-bond donors (Lipinski definition) is 1. The average Bonchev–Trinajstić information content (AvgIpc) is 2.92. The monoisotopic (exact) mass is 278 g/mol. The van der Waals surface area contributed by atoms with Crippen LogP contribution in [0.3, 0.4) is 0 Å². The van der Waals surface area contributed by atoms with E-state index < -0.39 is 0 Å². The molecule has 20 heavy (non-hydrogen) atoms. The number of likely N-dealkylation sites (N-methyl/N-ethyl adjacent to an activating group) is 1. The van der Waals surface area contributed by atoms with Crippen LogP contribution in [0, 0.1) is 0 Å². The number of nitrogens with one attached hydrogen (secondary N) is 1. The molecule has 1 amide bonds. The van der Waals surface area contributed by atoms with Crippen molar-refractivity contribution >= 4 is 11.5 Å². The molecule has 0 aliphatic carbocycles. The summed E-state index contributed by atoms with van der Waals surface area (Å²) in [5, 5.41) is 6.78.